The minimum atomic E-state index is -0.942. The number of aliphatic carboxylic acids is 1. The lowest BCUT2D eigenvalue weighted by Crippen LogP contribution is -2.18. The SMILES string of the molecule is COc1cc(-c2nnnn2CC(C)C(=O)O)ccc1F. The zero-order valence-electron chi connectivity index (χ0n) is 10.9. The van der Waals surface area contributed by atoms with Crippen LogP contribution in [-0.2, 0) is 11.3 Å². The number of aromatic nitrogens is 4. The molecule has 1 N–H and O–H groups in total. The van der Waals surface area contributed by atoms with Gasteiger partial charge in [0.05, 0.1) is 19.6 Å². The van der Waals surface area contributed by atoms with Crippen LogP contribution in [-0.4, -0.2) is 38.4 Å². The summed E-state index contributed by atoms with van der Waals surface area (Å²) in [6.45, 7) is 1.68. The zero-order valence-corrected chi connectivity index (χ0v) is 10.9. The highest BCUT2D eigenvalue weighted by Gasteiger charge is 2.17. The quantitative estimate of drug-likeness (QED) is 0.885. The Morgan fingerprint density at radius 1 is 1.55 bits per heavy atom. The molecule has 7 nitrogen and oxygen atoms in total. The van der Waals surface area contributed by atoms with Crippen molar-refractivity contribution in [3.63, 3.8) is 0 Å². The smallest absolute Gasteiger partial charge is 0.308 e. The van der Waals surface area contributed by atoms with E-state index in [-0.39, 0.29) is 12.3 Å². The molecule has 8 heteroatoms. The molecule has 1 heterocycles. The monoisotopic (exact) mass is 280 g/mol. The van der Waals surface area contributed by atoms with Crippen molar-refractivity contribution >= 4 is 5.97 Å². The molecule has 1 aromatic carbocycles. The standard InChI is InChI=1S/C12H13FN4O3/c1-7(12(18)19)6-17-11(14-15-16-17)8-3-4-9(13)10(5-8)20-2/h3-5,7H,6H2,1-2H3,(H,18,19). The Hall–Kier alpha value is -2.51. The fraction of sp³-hybridized carbons (Fsp3) is 0.333. The molecule has 0 amide bonds. The zero-order chi connectivity index (χ0) is 14.7. The Kier molecular flexibility index (Phi) is 3.92. The predicted molar refractivity (Wildman–Crippen MR) is 66.6 cm³/mol. The maximum Gasteiger partial charge on any atom is 0.308 e. The fourth-order valence-corrected chi connectivity index (χ4v) is 1.67. The van der Waals surface area contributed by atoms with Gasteiger partial charge in [0.15, 0.2) is 17.4 Å². The molecule has 0 aliphatic rings. The second-order valence-electron chi connectivity index (χ2n) is 4.27. The molecule has 106 valence electrons. The van der Waals surface area contributed by atoms with E-state index in [9.17, 15) is 9.18 Å². The van der Waals surface area contributed by atoms with Gasteiger partial charge in [0, 0.05) is 5.56 Å². The van der Waals surface area contributed by atoms with Crippen LogP contribution in [0.25, 0.3) is 11.4 Å². The first-order chi connectivity index (χ1) is 9.52. The van der Waals surface area contributed by atoms with Crippen LogP contribution >= 0.6 is 0 Å². The number of carboxylic acid groups (broad SMARTS) is 1. The van der Waals surface area contributed by atoms with Crippen molar-refractivity contribution in [2.75, 3.05) is 7.11 Å². The summed E-state index contributed by atoms with van der Waals surface area (Å²) in [5, 5.41) is 20.0. The van der Waals surface area contributed by atoms with Crippen molar-refractivity contribution in [1.29, 1.82) is 0 Å². The molecule has 0 radical (unpaired) electrons. The number of benzene rings is 1. The second kappa shape index (κ2) is 5.64. The van der Waals surface area contributed by atoms with Gasteiger partial charge >= 0.3 is 5.97 Å². The molecule has 0 saturated carbocycles. The van der Waals surface area contributed by atoms with Crippen LogP contribution in [0.3, 0.4) is 0 Å². The molecule has 20 heavy (non-hydrogen) atoms. The van der Waals surface area contributed by atoms with E-state index in [1.54, 1.807) is 6.92 Å². The molecule has 0 aliphatic heterocycles. The van der Waals surface area contributed by atoms with Crippen LogP contribution in [0.4, 0.5) is 4.39 Å². The number of ether oxygens (including phenoxy) is 1. The van der Waals surface area contributed by atoms with Crippen molar-refractivity contribution in [2.24, 2.45) is 5.92 Å². The third kappa shape index (κ3) is 2.73. The number of carboxylic acids is 1. The molecule has 1 unspecified atom stereocenters. The van der Waals surface area contributed by atoms with E-state index in [2.05, 4.69) is 15.5 Å². The van der Waals surface area contributed by atoms with E-state index < -0.39 is 17.7 Å². The number of methoxy groups -OCH3 is 1. The maximum atomic E-state index is 13.4. The van der Waals surface area contributed by atoms with Crippen molar-refractivity contribution in [2.45, 2.75) is 13.5 Å². The van der Waals surface area contributed by atoms with Crippen LogP contribution in [0.2, 0.25) is 0 Å². The first-order valence-electron chi connectivity index (χ1n) is 5.85. The second-order valence-corrected chi connectivity index (χ2v) is 4.27. The average molecular weight is 280 g/mol. The van der Waals surface area contributed by atoms with Gasteiger partial charge in [-0.3, -0.25) is 4.79 Å². The van der Waals surface area contributed by atoms with Gasteiger partial charge in [-0.15, -0.1) is 5.10 Å². The highest BCUT2D eigenvalue weighted by molar-refractivity contribution is 5.69. The lowest BCUT2D eigenvalue weighted by molar-refractivity contribution is -0.141. The Labute approximate surface area is 114 Å². The lowest BCUT2D eigenvalue weighted by atomic mass is 10.1. The fourth-order valence-electron chi connectivity index (χ4n) is 1.67. The molecule has 0 bridgehead atoms. The van der Waals surface area contributed by atoms with Gasteiger partial charge in [-0.05, 0) is 28.6 Å². The number of rotatable bonds is 5. The summed E-state index contributed by atoms with van der Waals surface area (Å²) >= 11 is 0. The molecule has 1 aromatic heterocycles. The van der Waals surface area contributed by atoms with Gasteiger partial charge in [0.2, 0.25) is 0 Å². The van der Waals surface area contributed by atoms with Crippen LogP contribution in [0.5, 0.6) is 5.75 Å². The topological polar surface area (TPSA) is 90.1 Å². The van der Waals surface area contributed by atoms with E-state index in [4.69, 9.17) is 9.84 Å². The van der Waals surface area contributed by atoms with Gasteiger partial charge < -0.3 is 9.84 Å². The third-order valence-corrected chi connectivity index (χ3v) is 2.81. The molecule has 0 aliphatic carbocycles. The summed E-state index contributed by atoms with van der Waals surface area (Å²) in [6.07, 6.45) is 0. The normalized spacial score (nSPS) is 12.2. The van der Waals surface area contributed by atoms with E-state index in [1.807, 2.05) is 0 Å². The van der Waals surface area contributed by atoms with E-state index in [0.29, 0.717) is 11.4 Å². The molecule has 1 atom stereocenters. The Morgan fingerprint density at radius 3 is 2.95 bits per heavy atom. The number of hydrogen-bond donors (Lipinski definition) is 1. The summed E-state index contributed by atoms with van der Waals surface area (Å²) in [7, 11) is 1.36. The van der Waals surface area contributed by atoms with Gasteiger partial charge in [0.25, 0.3) is 0 Å². The largest absolute Gasteiger partial charge is 0.494 e. The molecular formula is C12H13FN4O3. The van der Waals surface area contributed by atoms with Crippen LogP contribution in [0.1, 0.15) is 6.92 Å². The first-order valence-corrected chi connectivity index (χ1v) is 5.85. The molecule has 0 spiro atoms. The van der Waals surface area contributed by atoms with Crippen LogP contribution < -0.4 is 4.74 Å². The highest BCUT2D eigenvalue weighted by Crippen LogP contribution is 2.24. The predicted octanol–water partition coefficient (Wildman–Crippen LogP) is 1.21. The summed E-state index contributed by atoms with van der Waals surface area (Å²) in [5.74, 6) is -1.64. The molecule has 0 fully saturated rings. The van der Waals surface area contributed by atoms with Crippen molar-refractivity contribution < 1.29 is 19.0 Å². The molecule has 0 saturated heterocycles. The van der Waals surface area contributed by atoms with E-state index in [0.717, 1.165) is 0 Å². The van der Waals surface area contributed by atoms with Crippen molar-refractivity contribution in [3.05, 3.63) is 24.0 Å². The summed E-state index contributed by atoms with van der Waals surface area (Å²) in [6, 6.07) is 4.21. The number of carbonyl (C=O) groups is 1. The van der Waals surface area contributed by atoms with Crippen LogP contribution in [0, 0.1) is 11.7 Å². The van der Waals surface area contributed by atoms with Gasteiger partial charge in [0.1, 0.15) is 0 Å². The van der Waals surface area contributed by atoms with Gasteiger partial charge in [-0.1, -0.05) is 6.92 Å². The minimum Gasteiger partial charge on any atom is -0.494 e. The van der Waals surface area contributed by atoms with Crippen molar-refractivity contribution in [3.8, 4) is 17.1 Å². The lowest BCUT2D eigenvalue weighted by Gasteiger charge is -2.09. The van der Waals surface area contributed by atoms with Crippen LogP contribution in [0.15, 0.2) is 18.2 Å². The first kappa shape index (κ1) is 13.9. The average Bonchev–Trinajstić information content (AvgIpc) is 2.87. The molecule has 2 aromatic rings. The van der Waals surface area contributed by atoms with Gasteiger partial charge in [-0.25, -0.2) is 9.07 Å². The number of halogens is 1. The third-order valence-electron chi connectivity index (χ3n) is 2.81. The molecular weight excluding hydrogens is 267 g/mol. The maximum absolute atomic E-state index is 13.4. The number of hydrogen-bond acceptors (Lipinski definition) is 5. The van der Waals surface area contributed by atoms with E-state index >= 15 is 0 Å². The number of nitrogens with zero attached hydrogens (tertiary/aromatic N) is 4. The number of tetrazole rings is 1. The summed E-state index contributed by atoms with van der Waals surface area (Å²) in [5.41, 5.74) is 0.547. The highest BCUT2D eigenvalue weighted by atomic mass is 19.1. The molecule has 2 rings (SSSR count). The summed E-state index contributed by atoms with van der Waals surface area (Å²) < 4.78 is 19.6. The Morgan fingerprint density at radius 2 is 2.30 bits per heavy atom. The summed E-state index contributed by atoms with van der Waals surface area (Å²) in [4.78, 5) is 10.9. The van der Waals surface area contributed by atoms with E-state index in [1.165, 1.54) is 30.0 Å². The minimum absolute atomic E-state index is 0.0725. The van der Waals surface area contributed by atoms with Gasteiger partial charge in [-0.2, -0.15) is 0 Å². The Bertz CT molecular complexity index is 629. The Balaban J connectivity index is 2.34. The van der Waals surface area contributed by atoms with Crippen molar-refractivity contribution in [1.82, 2.24) is 20.2 Å².